The summed E-state index contributed by atoms with van der Waals surface area (Å²) in [7, 11) is 0. The van der Waals surface area contributed by atoms with Gasteiger partial charge < -0.3 is 15.8 Å². The number of benzene rings is 1. The Bertz CT molecular complexity index is 890. The van der Waals surface area contributed by atoms with Crippen molar-refractivity contribution in [1.82, 2.24) is 19.5 Å². The predicted molar refractivity (Wildman–Crippen MR) is 100 cm³/mol. The Labute approximate surface area is 150 Å². The van der Waals surface area contributed by atoms with E-state index in [0.717, 1.165) is 42.7 Å². The summed E-state index contributed by atoms with van der Waals surface area (Å²) in [4.78, 5) is 13.8. The Hall–Kier alpha value is -2.32. The van der Waals surface area contributed by atoms with Crippen molar-refractivity contribution in [1.29, 1.82) is 0 Å². The van der Waals surface area contributed by atoms with E-state index in [1.165, 1.54) is 11.8 Å². The molecule has 1 atom stereocenters. The maximum atomic E-state index is 6.05. The number of hydrogen-bond donors (Lipinski definition) is 2. The Morgan fingerprint density at radius 1 is 1.28 bits per heavy atom. The van der Waals surface area contributed by atoms with Crippen LogP contribution in [0.3, 0.4) is 0 Å². The lowest BCUT2D eigenvalue weighted by atomic mass is 10.2. The molecule has 1 saturated heterocycles. The Kier molecular flexibility index (Phi) is 4.46. The van der Waals surface area contributed by atoms with Gasteiger partial charge in [0.05, 0.1) is 17.7 Å². The van der Waals surface area contributed by atoms with Crippen LogP contribution >= 0.6 is 11.8 Å². The van der Waals surface area contributed by atoms with Crippen LogP contribution in [-0.4, -0.2) is 32.4 Å². The average molecular weight is 356 g/mol. The maximum Gasteiger partial charge on any atom is 0.191 e. The van der Waals surface area contributed by atoms with Crippen LogP contribution in [0.1, 0.15) is 25.5 Å². The van der Waals surface area contributed by atoms with E-state index in [9.17, 15) is 0 Å². The van der Waals surface area contributed by atoms with Crippen molar-refractivity contribution in [3.63, 3.8) is 0 Å². The van der Waals surface area contributed by atoms with E-state index in [1.54, 1.807) is 6.33 Å². The Morgan fingerprint density at radius 3 is 2.92 bits per heavy atom. The zero-order valence-electron chi connectivity index (χ0n) is 14.0. The third kappa shape index (κ3) is 3.14. The normalized spacial score (nSPS) is 17.7. The number of nitrogens with two attached hydrogens (primary N) is 1. The fraction of sp³-hybridized carbons (Fsp3) is 0.353. The third-order valence-corrected chi connectivity index (χ3v) is 4.81. The molecule has 0 radical (unpaired) electrons. The van der Waals surface area contributed by atoms with Gasteiger partial charge in [0.2, 0.25) is 0 Å². The van der Waals surface area contributed by atoms with Crippen molar-refractivity contribution >= 4 is 40.1 Å². The molecule has 1 aliphatic heterocycles. The molecule has 0 saturated carbocycles. The van der Waals surface area contributed by atoms with Crippen LogP contribution < -0.4 is 11.1 Å². The highest BCUT2D eigenvalue weighted by Crippen LogP contribution is 2.31. The number of nitrogens with zero attached hydrogens (tertiary/aromatic N) is 4. The van der Waals surface area contributed by atoms with Gasteiger partial charge in [0, 0.05) is 6.61 Å². The molecular weight excluding hydrogens is 336 g/mol. The number of fused-ring (bicyclic) bond motifs is 1. The standard InChI is InChI=1S/C17H20N6OS/c1-25-17-21-15(20-12-7-3-2-6-11(12)18)14-16(22-17)23(10-19-14)13-8-4-5-9-24-13/h2-3,6-7,10,13H,4-5,8-9,18H2,1H3,(H,20,21,22). The molecular formula is C17H20N6OS. The van der Waals surface area contributed by atoms with Gasteiger partial charge in [-0.05, 0) is 37.7 Å². The quantitative estimate of drug-likeness (QED) is 0.419. The fourth-order valence-corrected chi connectivity index (χ4v) is 3.33. The number of aromatic nitrogens is 4. The molecule has 8 heteroatoms. The van der Waals surface area contributed by atoms with Crippen LogP contribution in [-0.2, 0) is 4.74 Å². The highest BCUT2D eigenvalue weighted by atomic mass is 32.2. The number of anilines is 3. The van der Waals surface area contributed by atoms with Gasteiger partial charge in [0.1, 0.15) is 6.23 Å². The molecule has 1 fully saturated rings. The number of rotatable bonds is 4. The lowest BCUT2D eigenvalue weighted by molar-refractivity contribution is -0.0298. The molecule has 7 nitrogen and oxygen atoms in total. The summed E-state index contributed by atoms with van der Waals surface area (Å²) in [5.41, 5.74) is 9.01. The minimum Gasteiger partial charge on any atom is -0.397 e. The number of ether oxygens (including phenoxy) is 1. The SMILES string of the molecule is CSc1nc(Nc2ccccc2N)c2ncn(C3CCCCO3)c2n1. The molecule has 2 aromatic heterocycles. The minimum atomic E-state index is -0.0157. The van der Waals surface area contributed by atoms with Crippen LogP contribution in [0, 0.1) is 0 Å². The molecule has 3 aromatic rings. The van der Waals surface area contributed by atoms with E-state index in [2.05, 4.69) is 20.3 Å². The molecule has 0 bridgehead atoms. The molecule has 1 unspecified atom stereocenters. The second-order valence-corrected chi connectivity index (χ2v) is 6.69. The first kappa shape index (κ1) is 16.2. The van der Waals surface area contributed by atoms with Crippen LogP contribution in [0.5, 0.6) is 0 Å². The summed E-state index contributed by atoms with van der Waals surface area (Å²) in [6.07, 6.45) is 6.96. The Morgan fingerprint density at radius 2 is 2.16 bits per heavy atom. The van der Waals surface area contributed by atoms with Crippen molar-refractivity contribution in [3.8, 4) is 0 Å². The smallest absolute Gasteiger partial charge is 0.191 e. The molecule has 1 aliphatic rings. The summed E-state index contributed by atoms with van der Waals surface area (Å²) in [6, 6.07) is 7.60. The van der Waals surface area contributed by atoms with Gasteiger partial charge >= 0.3 is 0 Å². The second-order valence-electron chi connectivity index (χ2n) is 5.92. The summed E-state index contributed by atoms with van der Waals surface area (Å²) in [5.74, 6) is 0.654. The minimum absolute atomic E-state index is 0.0157. The molecule has 3 N–H and O–H groups in total. The number of nitrogen functional groups attached to an aromatic ring is 1. The van der Waals surface area contributed by atoms with Crippen molar-refractivity contribution in [2.24, 2.45) is 0 Å². The van der Waals surface area contributed by atoms with Crippen molar-refractivity contribution in [2.75, 3.05) is 23.9 Å². The summed E-state index contributed by atoms with van der Waals surface area (Å²) in [6.45, 7) is 0.774. The molecule has 0 spiro atoms. The number of thioether (sulfide) groups is 1. The predicted octanol–water partition coefficient (Wildman–Crippen LogP) is 3.57. The largest absolute Gasteiger partial charge is 0.397 e. The maximum absolute atomic E-state index is 6.05. The first-order chi connectivity index (χ1) is 12.3. The van der Waals surface area contributed by atoms with Gasteiger partial charge in [0.25, 0.3) is 0 Å². The summed E-state index contributed by atoms with van der Waals surface area (Å²) >= 11 is 1.50. The highest BCUT2D eigenvalue weighted by Gasteiger charge is 2.21. The van der Waals surface area contributed by atoms with Gasteiger partial charge in [-0.3, -0.25) is 4.57 Å². The van der Waals surface area contributed by atoms with E-state index in [-0.39, 0.29) is 6.23 Å². The zero-order valence-corrected chi connectivity index (χ0v) is 14.8. The summed E-state index contributed by atoms with van der Waals surface area (Å²) < 4.78 is 7.91. The van der Waals surface area contributed by atoms with E-state index in [0.29, 0.717) is 16.7 Å². The van der Waals surface area contributed by atoms with Gasteiger partial charge in [-0.25, -0.2) is 15.0 Å². The van der Waals surface area contributed by atoms with Gasteiger partial charge in [-0.1, -0.05) is 23.9 Å². The van der Waals surface area contributed by atoms with E-state index < -0.39 is 0 Å². The van der Waals surface area contributed by atoms with E-state index in [4.69, 9.17) is 10.5 Å². The van der Waals surface area contributed by atoms with E-state index >= 15 is 0 Å². The first-order valence-corrected chi connectivity index (χ1v) is 9.50. The van der Waals surface area contributed by atoms with Gasteiger partial charge in [-0.2, -0.15) is 0 Å². The first-order valence-electron chi connectivity index (χ1n) is 8.28. The molecule has 25 heavy (non-hydrogen) atoms. The number of hydrogen-bond acceptors (Lipinski definition) is 7. The van der Waals surface area contributed by atoms with Crippen molar-refractivity contribution < 1.29 is 4.74 Å². The average Bonchev–Trinajstić information content (AvgIpc) is 3.08. The van der Waals surface area contributed by atoms with Crippen LogP contribution in [0.4, 0.5) is 17.2 Å². The summed E-state index contributed by atoms with van der Waals surface area (Å²) in [5, 5.41) is 3.98. The molecule has 0 amide bonds. The van der Waals surface area contributed by atoms with Crippen LogP contribution in [0.25, 0.3) is 11.2 Å². The van der Waals surface area contributed by atoms with Gasteiger partial charge in [-0.15, -0.1) is 0 Å². The second kappa shape index (κ2) is 6.89. The monoisotopic (exact) mass is 356 g/mol. The lowest BCUT2D eigenvalue weighted by Gasteiger charge is -2.23. The fourth-order valence-electron chi connectivity index (χ4n) is 2.97. The molecule has 3 heterocycles. The van der Waals surface area contributed by atoms with E-state index in [1.807, 2.05) is 35.1 Å². The van der Waals surface area contributed by atoms with Crippen molar-refractivity contribution in [3.05, 3.63) is 30.6 Å². The molecule has 4 rings (SSSR count). The topological polar surface area (TPSA) is 90.9 Å². The van der Waals surface area contributed by atoms with Crippen LogP contribution in [0.15, 0.2) is 35.7 Å². The van der Waals surface area contributed by atoms with Gasteiger partial charge in [0.15, 0.2) is 22.1 Å². The number of para-hydroxylation sites is 2. The molecule has 0 aliphatic carbocycles. The molecule has 1 aromatic carbocycles. The Balaban J connectivity index is 1.78. The third-order valence-electron chi connectivity index (χ3n) is 4.26. The van der Waals surface area contributed by atoms with Crippen LogP contribution in [0.2, 0.25) is 0 Å². The lowest BCUT2D eigenvalue weighted by Crippen LogP contribution is -2.17. The number of imidazole rings is 1. The molecule has 130 valence electrons. The zero-order chi connectivity index (χ0) is 17.2. The number of nitrogens with one attached hydrogen (secondary N) is 1. The highest BCUT2D eigenvalue weighted by molar-refractivity contribution is 7.98. The van der Waals surface area contributed by atoms with Crippen molar-refractivity contribution in [2.45, 2.75) is 30.6 Å².